The summed E-state index contributed by atoms with van der Waals surface area (Å²) in [6.45, 7) is 4.60. The Morgan fingerprint density at radius 1 is 1.73 bits per heavy atom. The number of hydrogen-bond acceptors (Lipinski definition) is 2. The van der Waals surface area contributed by atoms with Gasteiger partial charge in [0, 0.05) is 0 Å². The highest BCUT2D eigenvalue weighted by atomic mass is 79.9. The maximum Gasteiger partial charge on any atom is 0.174 e. The smallest absolute Gasteiger partial charge is 0.174 e. The molecule has 0 saturated carbocycles. The predicted molar refractivity (Wildman–Crippen MR) is 46.2 cm³/mol. The molecule has 1 rings (SSSR count). The number of hydrogen-bond donors (Lipinski definition) is 1. The van der Waals surface area contributed by atoms with Crippen molar-refractivity contribution in [1.29, 1.82) is 0 Å². The van der Waals surface area contributed by atoms with Crippen molar-refractivity contribution in [1.82, 2.24) is 9.97 Å². The highest BCUT2D eigenvalue weighted by Crippen LogP contribution is 2.05. The van der Waals surface area contributed by atoms with Gasteiger partial charge in [0.05, 0.1) is 24.6 Å². The van der Waals surface area contributed by atoms with Crippen molar-refractivity contribution in [2.75, 3.05) is 0 Å². The second-order valence-corrected chi connectivity index (χ2v) is 3.31. The van der Waals surface area contributed by atoms with Crippen LogP contribution >= 0.6 is 15.9 Å². The molecule has 1 N–H and O–H groups in total. The predicted octanol–water partition coefficient (Wildman–Crippen LogP) is 2.10. The Balaban J connectivity index is 2.39. The number of imidazole rings is 1. The van der Waals surface area contributed by atoms with Gasteiger partial charge >= 0.3 is 0 Å². The monoisotopic (exact) mass is 218 g/mol. The summed E-state index contributed by atoms with van der Waals surface area (Å²) >= 11 is 3.22. The Hall–Kier alpha value is -0.350. The molecule has 0 aliphatic carbocycles. The SMILES string of the molecule is CC(C)OCc1cnc(Br)[nH]1. The lowest BCUT2D eigenvalue weighted by molar-refractivity contribution is 0.0637. The van der Waals surface area contributed by atoms with Gasteiger partial charge in [-0.05, 0) is 29.8 Å². The molecule has 4 heteroatoms. The van der Waals surface area contributed by atoms with Crippen molar-refractivity contribution in [2.24, 2.45) is 0 Å². The van der Waals surface area contributed by atoms with Crippen LogP contribution in [0, 0.1) is 0 Å². The summed E-state index contributed by atoms with van der Waals surface area (Å²) < 4.78 is 6.10. The largest absolute Gasteiger partial charge is 0.373 e. The van der Waals surface area contributed by atoms with Crippen LogP contribution in [-0.4, -0.2) is 16.1 Å². The van der Waals surface area contributed by atoms with Crippen LogP contribution in [0.1, 0.15) is 19.5 Å². The third-order valence-electron chi connectivity index (χ3n) is 1.17. The maximum absolute atomic E-state index is 5.35. The van der Waals surface area contributed by atoms with E-state index < -0.39 is 0 Å². The lowest BCUT2D eigenvalue weighted by atomic mass is 10.4. The first-order valence-electron chi connectivity index (χ1n) is 3.49. The Labute approximate surface area is 74.3 Å². The average Bonchev–Trinajstić information content (AvgIpc) is 2.31. The highest BCUT2D eigenvalue weighted by molar-refractivity contribution is 9.10. The van der Waals surface area contributed by atoms with Gasteiger partial charge in [0.1, 0.15) is 0 Å². The van der Waals surface area contributed by atoms with E-state index in [9.17, 15) is 0 Å². The lowest BCUT2D eigenvalue weighted by Crippen LogP contribution is -2.02. The van der Waals surface area contributed by atoms with Gasteiger partial charge in [0.25, 0.3) is 0 Å². The normalized spacial score (nSPS) is 10.9. The molecule has 0 fully saturated rings. The van der Waals surface area contributed by atoms with E-state index in [-0.39, 0.29) is 6.10 Å². The van der Waals surface area contributed by atoms with E-state index in [0.29, 0.717) is 6.61 Å². The zero-order valence-electron chi connectivity index (χ0n) is 6.60. The van der Waals surface area contributed by atoms with Crippen LogP contribution in [0.3, 0.4) is 0 Å². The number of H-pyrrole nitrogens is 1. The van der Waals surface area contributed by atoms with Crippen LogP contribution in [-0.2, 0) is 11.3 Å². The van der Waals surface area contributed by atoms with Gasteiger partial charge in [0.15, 0.2) is 4.73 Å². The Morgan fingerprint density at radius 3 is 2.91 bits per heavy atom. The summed E-state index contributed by atoms with van der Waals surface area (Å²) in [5.74, 6) is 0. The second kappa shape index (κ2) is 3.88. The fourth-order valence-electron chi connectivity index (χ4n) is 0.661. The quantitative estimate of drug-likeness (QED) is 0.845. The molecule has 0 aromatic carbocycles. The number of nitrogens with zero attached hydrogens (tertiary/aromatic N) is 1. The molecular formula is C7H11BrN2O. The molecule has 0 aliphatic heterocycles. The fourth-order valence-corrected chi connectivity index (χ4v) is 1.02. The van der Waals surface area contributed by atoms with Gasteiger partial charge in [-0.25, -0.2) is 4.98 Å². The van der Waals surface area contributed by atoms with Crippen LogP contribution in [0.4, 0.5) is 0 Å². The van der Waals surface area contributed by atoms with Crippen LogP contribution in [0.2, 0.25) is 0 Å². The third kappa shape index (κ3) is 3.03. The maximum atomic E-state index is 5.35. The summed E-state index contributed by atoms with van der Waals surface area (Å²) in [7, 11) is 0. The van der Waals surface area contributed by atoms with E-state index in [0.717, 1.165) is 10.4 Å². The van der Waals surface area contributed by atoms with Crippen molar-refractivity contribution in [3.05, 3.63) is 16.6 Å². The standard InChI is InChI=1S/C7H11BrN2O/c1-5(2)11-4-6-3-9-7(8)10-6/h3,5H,4H2,1-2H3,(H,9,10). The van der Waals surface area contributed by atoms with Crippen molar-refractivity contribution in [3.63, 3.8) is 0 Å². The molecule has 0 atom stereocenters. The average molecular weight is 219 g/mol. The summed E-state index contributed by atoms with van der Waals surface area (Å²) in [5, 5.41) is 0. The molecule has 11 heavy (non-hydrogen) atoms. The van der Waals surface area contributed by atoms with Crippen molar-refractivity contribution >= 4 is 15.9 Å². The van der Waals surface area contributed by atoms with E-state index in [1.807, 2.05) is 13.8 Å². The van der Waals surface area contributed by atoms with E-state index >= 15 is 0 Å². The number of halogens is 1. The van der Waals surface area contributed by atoms with Crippen LogP contribution in [0.15, 0.2) is 10.9 Å². The zero-order valence-corrected chi connectivity index (χ0v) is 8.18. The molecule has 0 amide bonds. The number of aromatic nitrogens is 2. The molecule has 1 heterocycles. The summed E-state index contributed by atoms with van der Waals surface area (Å²) in [5.41, 5.74) is 0.991. The number of ether oxygens (including phenoxy) is 1. The number of rotatable bonds is 3. The Morgan fingerprint density at radius 2 is 2.45 bits per heavy atom. The molecule has 0 bridgehead atoms. The molecular weight excluding hydrogens is 208 g/mol. The summed E-state index contributed by atoms with van der Waals surface area (Å²) in [6.07, 6.45) is 2.02. The molecule has 1 aromatic rings. The first-order valence-corrected chi connectivity index (χ1v) is 4.29. The minimum absolute atomic E-state index is 0.261. The van der Waals surface area contributed by atoms with E-state index in [2.05, 4.69) is 25.9 Å². The topological polar surface area (TPSA) is 37.9 Å². The molecule has 0 spiro atoms. The fraction of sp³-hybridized carbons (Fsp3) is 0.571. The summed E-state index contributed by atoms with van der Waals surface area (Å²) in [6, 6.07) is 0. The first-order chi connectivity index (χ1) is 5.18. The molecule has 0 aliphatic rings. The molecule has 0 unspecified atom stereocenters. The Kier molecular flexibility index (Phi) is 3.08. The molecule has 0 saturated heterocycles. The molecule has 62 valence electrons. The molecule has 1 aromatic heterocycles. The number of aromatic amines is 1. The van der Waals surface area contributed by atoms with E-state index in [1.165, 1.54) is 0 Å². The van der Waals surface area contributed by atoms with Crippen LogP contribution in [0.25, 0.3) is 0 Å². The van der Waals surface area contributed by atoms with Crippen molar-refractivity contribution < 1.29 is 4.74 Å². The van der Waals surface area contributed by atoms with E-state index in [4.69, 9.17) is 4.74 Å². The van der Waals surface area contributed by atoms with Gasteiger partial charge in [-0.2, -0.15) is 0 Å². The van der Waals surface area contributed by atoms with Crippen LogP contribution in [0.5, 0.6) is 0 Å². The van der Waals surface area contributed by atoms with E-state index in [1.54, 1.807) is 6.20 Å². The minimum Gasteiger partial charge on any atom is -0.373 e. The van der Waals surface area contributed by atoms with Gasteiger partial charge < -0.3 is 9.72 Å². The number of nitrogens with one attached hydrogen (secondary N) is 1. The Bertz CT molecular complexity index is 222. The lowest BCUT2D eigenvalue weighted by Gasteiger charge is -2.04. The van der Waals surface area contributed by atoms with Gasteiger partial charge in [0.2, 0.25) is 0 Å². The molecule has 0 radical (unpaired) electrons. The zero-order chi connectivity index (χ0) is 8.27. The third-order valence-corrected chi connectivity index (χ3v) is 1.57. The first kappa shape index (κ1) is 8.74. The van der Waals surface area contributed by atoms with Gasteiger partial charge in [-0.3, -0.25) is 0 Å². The van der Waals surface area contributed by atoms with Crippen molar-refractivity contribution in [2.45, 2.75) is 26.6 Å². The minimum atomic E-state index is 0.261. The second-order valence-electron chi connectivity index (χ2n) is 2.56. The van der Waals surface area contributed by atoms with Crippen molar-refractivity contribution in [3.8, 4) is 0 Å². The van der Waals surface area contributed by atoms with Crippen LogP contribution < -0.4 is 0 Å². The van der Waals surface area contributed by atoms with Gasteiger partial charge in [-0.1, -0.05) is 0 Å². The van der Waals surface area contributed by atoms with Gasteiger partial charge in [-0.15, -0.1) is 0 Å². The summed E-state index contributed by atoms with van der Waals surface area (Å²) in [4.78, 5) is 6.99. The highest BCUT2D eigenvalue weighted by Gasteiger charge is 1.98. The molecule has 3 nitrogen and oxygen atoms in total.